The van der Waals surface area contributed by atoms with Crippen LogP contribution in [0.4, 0.5) is 0 Å². The van der Waals surface area contributed by atoms with Crippen LogP contribution in [-0.2, 0) is 4.74 Å². The molecule has 120 valence electrons. The number of nitrogens with zero attached hydrogens (tertiary/aromatic N) is 1. The van der Waals surface area contributed by atoms with Crippen molar-refractivity contribution in [3.8, 4) is 6.07 Å². The van der Waals surface area contributed by atoms with E-state index in [0.717, 1.165) is 10.6 Å². The molecule has 0 saturated carbocycles. The van der Waals surface area contributed by atoms with Gasteiger partial charge in [-0.05, 0) is 37.8 Å². The molecule has 2 rings (SSSR count). The monoisotopic (exact) mass is 322 g/mol. The van der Waals surface area contributed by atoms with Crippen molar-refractivity contribution in [1.29, 1.82) is 5.26 Å². The Balaban J connectivity index is 1.86. The summed E-state index contributed by atoms with van der Waals surface area (Å²) in [5.41, 5.74) is 0.560. The van der Waals surface area contributed by atoms with Crippen LogP contribution in [0, 0.1) is 16.7 Å². The molecule has 1 unspecified atom stereocenters. The summed E-state index contributed by atoms with van der Waals surface area (Å²) in [7, 11) is 0. The molecule has 0 aliphatic carbocycles. The van der Waals surface area contributed by atoms with E-state index in [-0.39, 0.29) is 6.04 Å². The normalized spacial score (nSPS) is 20.1. The number of aliphatic hydroxyl groups is 1. The van der Waals surface area contributed by atoms with Gasteiger partial charge in [-0.2, -0.15) is 5.26 Å². The lowest BCUT2D eigenvalue weighted by molar-refractivity contribution is 0.0139. The third-order valence-electron chi connectivity index (χ3n) is 4.34. The molecule has 1 aliphatic heterocycles. The average Bonchev–Trinajstić information content (AvgIpc) is 2.54. The molecule has 1 saturated heterocycles. The van der Waals surface area contributed by atoms with Gasteiger partial charge in [0.25, 0.3) is 0 Å². The maximum atomic E-state index is 10.3. The van der Waals surface area contributed by atoms with Gasteiger partial charge in [-0.15, -0.1) is 0 Å². The topological polar surface area (TPSA) is 65.3 Å². The van der Waals surface area contributed by atoms with Crippen LogP contribution < -0.4 is 5.32 Å². The smallest absolute Gasteiger partial charge is 0.0692 e. The molecule has 5 heteroatoms. The van der Waals surface area contributed by atoms with Crippen molar-refractivity contribution >= 4 is 11.6 Å². The molecule has 2 N–H and O–H groups in total. The summed E-state index contributed by atoms with van der Waals surface area (Å²) in [6, 6.07) is 10.1. The highest BCUT2D eigenvalue weighted by Crippen LogP contribution is 2.34. The van der Waals surface area contributed by atoms with Crippen LogP contribution in [0.1, 0.15) is 37.8 Å². The second-order valence-corrected chi connectivity index (χ2v) is 6.42. The van der Waals surface area contributed by atoms with Crippen LogP contribution in [0.3, 0.4) is 0 Å². The van der Waals surface area contributed by atoms with Crippen LogP contribution in [0.15, 0.2) is 24.3 Å². The molecule has 4 nitrogen and oxygen atoms in total. The first-order chi connectivity index (χ1) is 10.6. The summed E-state index contributed by atoms with van der Waals surface area (Å²) >= 11 is 6.18. The fourth-order valence-corrected chi connectivity index (χ4v) is 3.20. The Morgan fingerprint density at radius 1 is 1.41 bits per heavy atom. The van der Waals surface area contributed by atoms with E-state index in [2.05, 4.69) is 11.4 Å². The average molecular weight is 323 g/mol. The number of nitriles is 1. The van der Waals surface area contributed by atoms with Crippen molar-refractivity contribution < 1.29 is 9.84 Å². The predicted molar refractivity (Wildman–Crippen MR) is 86.6 cm³/mol. The third kappa shape index (κ3) is 4.44. The minimum absolute atomic E-state index is 0.0519. The van der Waals surface area contributed by atoms with Crippen LogP contribution in [0.2, 0.25) is 5.02 Å². The Hall–Kier alpha value is -1.12. The molecule has 0 amide bonds. The zero-order valence-corrected chi connectivity index (χ0v) is 13.6. The molecule has 0 radical (unpaired) electrons. The summed E-state index contributed by atoms with van der Waals surface area (Å²) in [5, 5.41) is 23.7. The predicted octanol–water partition coefficient (Wildman–Crippen LogP) is 3.06. The molecular weight excluding hydrogens is 300 g/mol. The number of ether oxygens (including phenoxy) is 1. The maximum absolute atomic E-state index is 10.3. The minimum atomic E-state index is -0.553. The number of nitrogens with one attached hydrogen (secondary N) is 1. The molecule has 2 atom stereocenters. The van der Waals surface area contributed by atoms with E-state index in [1.807, 2.05) is 31.2 Å². The van der Waals surface area contributed by atoms with E-state index >= 15 is 0 Å². The molecule has 1 aliphatic rings. The number of halogens is 1. The van der Waals surface area contributed by atoms with E-state index in [1.54, 1.807) is 0 Å². The van der Waals surface area contributed by atoms with Crippen molar-refractivity contribution in [2.24, 2.45) is 5.41 Å². The lowest BCUT2D eigenvalue weighted by atomic mass is 9.77. The molecule has 0 bridgehead atoms. The third-order valence-corrected chi connectivity index (χ3v) is 4.69. The number of rotatable bonds is 6. The first-order valence-corrected chi connectivity index (χ1v) is 8.09. The highest BCUT2D eigenvalue weighted by molar-refractivity contribution is 6.31. The number of hydrogen-bond acceptors (Lipinski definition) is 4. The summed E-state index contributed by atoms with van der Waals surface area (Å²) in [5.74, 6) is 0. The van der Waals surface area contributed by atoms with Gasteiger partial charge in [0, 0.05) is 30.8 Å². The molecule has 1 aromatic rings. The summed E-state index contributed by atoms with van der Waals surface area (Å²) in [6.45, 7) is 3.66. The Morgan fingerprint density at radius 2 is 2.09 bits per heavy atom. The van der Waals surface area contributed by atoms with E-state index in [1.165, 1.54) is 0 Å². The zero-order chi connectivity index (χ0) is 16.0. The van der Waals surface area contributed by atoms with E-state index in [0.29, 0.717) is 39.0 Å². The number of benzene rings is 1. The van der Waals surface area contributed by atoms with Crippen LogP contribution >= 0.6 is 11.6 Å². The van der Waals surface area contributed by atoms with Crippen molar-refractivity contribution in [2.45, 2.75) is 38.3 Å². The van der Waals surface area contributed by atoms with Gasteiger partial charge in [0.15, 0.2) is 0 Å². The molecule has 1 fully saturated rings. The standard InChI is InChI=1S/C17H23ClN2O2/c1-13(15-4-2-3-5-16(15)18)20-11-14(21)10-17(12-19)6-8-22-9-7-17/h2-5,13-14,20-21H,6-11H2,1H3/t13-,14?/m0/s1. The number of hydrogen-bond donors (Lipinski definition) is 2. The SMILES string of the molecule is C[C@H](NCC(O)CC1(C#N)CCOCC1)c1ccccc1Cl. The van der Waals surface area contributed by atoms with Gasteiger partial charge in [0.1, 0.15) is 0 Å². The van der Waals surface area contributed by atoms with Crippen molar-refractivity contribution in [3.63, 3.8) is 0 Å². The van der Waals surface area contributed by atoms with Crippen LogP contribution in [0.5, 0.6) is 0 Å². The fourth-order valence-electron chi connectivity index (χ4n) is 2.90. The molecule has 0 spiro atoms. The van der Waals surface area contributed by atoms with Gasteiger partial charge < -0.3 is 15.2 Å². The van der Waals surface area contributed by atoms with Crippen LogP contribution in [0.25, 0.3) is 0 Å². The summed E-state index contributed by atoms with van der Waals surface area (Å²) in [6.07, 6.45) is 1.32. The van der Waals surface area contributed by atoms with E-state index < -0.39 is 11.5 Å². The van der Waals surface area contributed by atoms with Gasteiger partial charge in [0.05, 0.1) is 17.6 Å². The highest BCUT2D eigenvalue weighted by atomic mass is 35.5. The van der Waals surface area contributed by atoms with Gasteiger partial charge in [0.2, 0.25) is 0 Å². The largest absolute Gasteiger partial charge is 0.392 e. The summed E-state index contributed by atoms with van der Waals surface area (Å²) < 4.78 is 5.31. The molecular formula is C17H23ClN2O2. The lowest BCUT2D eigenvalue weighted by Gasteiger charge is -2.32. The molecule has 1 aromatic carbocycles. The van der Waals surface area contributed by atoms with Crippen LogP contribution in [-0.4, -0.2) is 31.0 Å². The van der Waals surface area contributed by atoms with Gasteiger partial charge in [-0.25, -0.2) is 0 Å². The Labute approximate surface area is 137 Å². The fraction of sp³-hybridized carbons (Fsp3) is 0.588. The highest BCUT2D eigenvalue weighted by Gasteiger charge is 2.34. The Kier molecular flexibility index (Phi) is 6.22. The second-order valence-electron chi connectivity index (χ2n) is 6.01. The first kappa shape index (κ1) is 17.2. The molecule has 1 heterocycles. The zero-order valence-electron chi connectivity index (χ0n) is 12.9. The maximum Gasteiger partial charge on any atom is 0.0692 e. The van der Waals surface area contributed by atoms with E-state index in [9.17, 15) is 10.4 Å². The van der Waals surface area contributed by atoms with E-state index in [4.69, 9.17) is 16.3 Å². The van der Waals surface area contributed by atoms with Gasteiger partial charge in [-0.3, -0.25) is 0 Å². The van der Waals surface area contributed by atoms with Crippen molar-refractivity contribution in [3.05, 3.63) is 34.9 Å². The molecule has 0 aromatic heterocycles. The summed E-state index contributed by atoms with van der Waals surface area (Å²) in [4.78, 5) is 0. The molecule has 22 heavy (non-hydrogen) atoms. The second kappa shape index (κ2) is 7.94. The number of aliphatic hydroxyl groups excluding tert-OH is 1. The van der Waals surface area contributed by atoms with Crippen molar-refractivity contribution in [1.82, 2.24) is 5.32 Å². The first-order valence-electron chi connectivity index (χ1n) is 7.71. The van der Waals surface area contributed by atoms with Gasteiger partial charge >= 0.3 is 0 Å². The Morgan fingerprint density at radius 3 is 2.73 bits per heavy atom. The van der Waals surface area contributed by atoms with Gasteiger partial charge in [-0.1, -0.05) is 29.8 Å². The lowest BCUT2D eigenvalue weighted by Crippen LogP contribution is -2.37. The van der Waals surface area contributed by atoms with Crippen molar-refractivity contribution in [2.75, 3.05) is 19.8 Å². The minimum Gasteiger partial charge on any atom is -0.392 e. The Bertz CT molecular complexity index is 524. The quantitative estimate of drug-likeness (QED) is 0.844.